The van der Waals surface area contributed by atoms with Gasteiger partial charge in [-0.25, -0.2) is 4.79 Å². The highest BCUT2D eigenvalue weighted by Gasteiger charge is 2.45. The standard InChI is InChI=1S/C43H61N7O13/c1-20(2)14-29(46-39(58)34(49-37(56)32(45)21(3)4)25-16-26(51)18-27(52)17-25)41(60)50(42(61)36(55)28(44)15-24-12-10-9-11-13-24)35(23(7)8)40(59)48-33(22(5)6)38(57)47-30(43(62)63)19-31(53)54/h9-13,16-18,20-23,28-30,32-35,51-52H,14-15,19,44-45H2,1-8H3,(H,46,58)(H,47,57)(H,48,59)(H,49,56)(H,53,54)(H,62,63)/t28?,29-,30-,32-,33-,34?,35-/m0/s1. The zero-order valence-electron chi connectivity index (χ0n) is 36.7. The molecule has 20 nitrogen and oxygen atoms in total. The minimum atomic E-state index is -1.89. The lowest BCUT2D eigenvalue weighted by Crippen LogP contribution is -2.64. The Kier molecular flexibility index (Phi) is 19.8. The van der Waals surface area contributed by atoms with Crippen molar-refractivity contribution in [3.8, 4) is 11.5 Å². The van der Waals surface area contributed by atoms with Crippen molar-refractivity contribution in [2.45, 2.75) is 117 Å². The average molecular weight is 884 g/mol. The van der Waals surface area contributed by atoms with Gasteiger partial charge in [-0.1, -0.05) is 85.7 Å². The highest BCUT2D eigenvalue weighted by Crippen LogP contribution is 2.27. The molecule has 0 heterocycles. The highest BCUT2D eigenvalue weighted by molar-refractivity contribution is 6.41. The summed E-state index contributed by atoms with van der Waals surface area (Å²) < 4.78 is 0. The number of hydrogen-bond donors (Lipinski definition) is 10. The van der Waals surface area contributed by atoms with Crippen molar-refractivity contribution in [3.63, 3.8) is 0 Å². The van der Waals surface area contributed by atoms with Crippen molar-refractivity contribution >= 4 is 53.2 Å². The van der Waals surface area contributed by atoms with Gasteiger partial charge in [-0.15, -0.1) is 0 Å². The number of benzene rings is 2. The third kappa shape index (κ3) is 15.5. The molecule has 0 saturated heterocycles. The Balaban J connectivity index is 2.77. The third-order valence-electron chi connectivity index (χ3n) is 9.87. The minimum absolute atomic E-state index is 0.133. The number of aliphatic carboxylic acids is 2. The van der Waals surface area contributed by atoms with Crippen LogP contribution in [-0.4, -0.2) is 115 Å². The second-order valence-corrected chi connectivity index (χ2v) is 16.8. The molecule has 2 unspecified atom stereocenters. The quantitative estimate of drug-likeness (QED) is 0.0679. The molecule has 2 rings (SSSR count). The van der Waals surface area contributed by atoms with Gasteiger partial charge in [0.25, 0.3) is 11.8 Å². The van der Waals surface area contributed by atoms with Gasteiger partial charge in [0.1, 0.15) is 41.7 Å². The third-order valence-corrected chi connectivity index (χ3v) is 9.87. The highest BCUT2D eigenvalue weighted by atomic mass is 16.4. The zero-order chi connectivity index (χ0) is 48.0. The Hall–Kier alpha value is -6.41. The van der Waals surface area contributed by atoms with Crippen LogP contribution in [0.5, 0.6) is 11.5 Å². The van der Waals surface area contributed by atoms with Crippen LogP contribution in [0.4, 0.5) is 0 Å². The number of carbonyl (C=O) groups excluding carboxylic acids is 7. The maximum atomic E-state index is 15.0. The molecular formula is C43H61N7O13. The molecule has 0 fully saturated rings. The predicted octanol–water partition coefficient (Wildman–Crippen LogP) is 0.473. The van der Waals surface area contributed by atoms with E-state index in [4.69, 9.17) is 11.5 Å². The molecule has 346 valence electrons. The van der Waals surface area contributed by atoms with Crippen molar-refractivity contribution in [2.75, 3.05) is 0 Å². The number of nitrogens with one attached hydrogen (secondary N) is 4. The Morgan fingerprint density at radius 3 is 1.68 bits per heavy atom. The van der Waals surface area contributed by atoms with Crippen LogP contribution in [0.1, 0.15) is 85.4 Å². The van der Waals surface area contributed by atoms with Crippen LogP contribution in [0.3, 0.4) is 0 Å². The van der Waals surface area contributed by atoms with E-state index in [1.165, 1.54) is 27.7 Å². The van der Waals surface area contributed by atoms with E-state index in [1.807, 2.05) is 0 Å². The summed E-state index contributed by atoms with van der Waals surface area (Å²) in [7, 11) is 0. The summed E-state index contributed by atoms with van der Waals surface area (Å²) in [6.45, 7) is 12.5. The van der Waals surface area contributed by atoms with E-state index in [-0.39, 0.29) is 18.4 Å². The first-order valence-electron chi connectivity index (χ1n) is 20.4. The molecule has 0 spiro atoms. The number of ketones is 1. The lowest BCUT2D eigenvalue weighted by Gasteiger charge is -2.36. The van der Waals surface area contributed by atoms with Gasteiger partial charge in [0.05, 0.1) is 18.5 Å². The summed E-state index contributed by atoms with van der Waals surface area (Å²) >= 11 is 0. The van der Waals surface area contributed by atoms with Crippen LogP contribution in [0.2, 0.25) is 0 Å². The second kappa shape index (κ2) is 23.7. The fourth-order valence-corrected chi connectivity index (χ4v) is 6.47. The lowest BCUT2D eigenvalue weighted by molar-refractivity contribution is -0.160. The maximum absolute atomic E-state index is 15.0. The van der Waals surface area contributed by atoms with Gasteiger partial charge in [-0.05, 0) is 59.8 Å². The average Bonchev–Trinajstić information content (AvgIpc) is 3.18. The molecule has 20 heteroatoms. The second-order valence-electron chi connectivity index (χ2n) is 16.8. The minimum Gasteiger partial charge on any atom is -0.508 e. The van der Waals surface area contributed by atoms with Gasteiger partial charge in [0.2, 0.25) is 29.4 Å². The fraction of sp³-hybridized carbons (Fsp3) is 0.512. The van der Waals surface area contributed by atoms with Crippen molar-refractivity contribution in [3.05, 3.63) is 59.7 Å². The molecule has 7 atom stereocenters. The zero-order valence-corrected chi connectivity index (χ0v) is 36.7. The monoisotopic (exact) mass is 883 g/mol. The Morgan fingerprint density at radius 1 is 0.651 bits per heavy atom. The summed E-state index contributed by atoms with van der Waals surface area (Å²) in [5.41, 5.74) is 12.7. The molecule has 2 aromatic carbocycles. The number of hydrogen-bond acceptors (Lipinski definition) is 13. The SMILES string of the molecule is CC(C)C[C@H](NC(=O)C(NC(=O)[C@@H](N)C(C)C)c1cc(O)cc(O)c1)C(=O)N(C(=O)C(=O)C(N)Cc1ccccc1)[C@H](C(=O)N[C@H](C(=O)N[C@@H](CC(=O)O)C(=O)O)C(C)C)C(C)C. The number of carboxylic acid groups (broad SMARTS) is 2. The molecule has 0 radical (unpaired) electrons. The number of amides is 6. The van der Waals surface area contributed by atoms with E-state index in [9.17, 15) is 63.6 Å². The van der Waals surface area contributed by atoms with Gasteiger partial charge in [-0.3, -0.25) is 43.3 Å². The van der Waals surface area contributed by atoms with Crippen LogP contribution < -0.4 is 32.7 Å². The predicted molar refractivity (Wildman–Crippen MR) is 227 cm³/mol. The largest absolute Gasteiger partial charge is 0.508 e. The molecular weight excluding hydrogens is 823 g/mol. The molecule has 0 saturated carbocycles. The molecule has 0 aliphatic heterocycles. The van der Waals surface area contributed by atoms with E-state index < -0.39 is 137 Å². The number of nitrogens with two attached hydrogens (primary N) is 2. The van der Waals surface area contributed by atoms with Crippen molar-refractivity contribution in [1.82, 2.24) is 26.2 Å². The van der Waals surface area contributed by atoms with Crippen molar-refractivity contribution in [2.24, 2.45) is 35.1 Å². The van der Waals surface area contributed by atoms with E-state index in [2.05, 4.69) is 21.3 Å². The summed E-state index contributed by atoms with van der Waals surface area (Å²) in [5, 5.41) is 48.8. The molecule has 0 aliphatic rings. The molecule has 63 heavy (non-hydrogen) atoms. The number of phenolic OH excluding ortho intramolecular Hbond substituents is 2. The lowest BCUT2D eigenvalue weighted by atomic mass is 9.94. The van der Waals surface area contributed by atoms with Crippen LogP contribution in [0.15, 0.2) is 48.5 Å². The number of phenols is 2. The van der Waals surface area contributed by atoms with Crippen LogP contribution >= 0.6 is 0 Å². The van der Waals surface area contributed by atoms with E-state index >= 15 is 0 Å². The van der Waals surface area contributed by atoms with Gasteiger partial charge < -0.3 is 53.2 Å². The van der Waals surface area contributed by atoms with Crippen molar-refractivity contribution < 1.29 is 63.6 Å². The topological polar surface area (TPSA) is 338 Å². The summed E-state index contributed by atoms with van der Waals surface area (Å²) in [6.07, 6.45) is -1.38. The fourth-order valence-electron chi connectivity index (χ4n) is 6.47. The first-order chi connectivity index (χ1) is 29.3. The number of carbonyl (C=O) groups is 9. The van der Waals surface area contributed by atoms with Gasteiger partial charge in [0.15, 0.2) is 0 Å². The normalized spacial score (nSPS) is 14.7. The van der Waals surface area contributed by atoms with Gasteiger partial charge >= 0.3 is 11.9 Å². The van der Waals surface area contributed by atoms with E-state index in [0.29, 0.717) is 10.5 Å². The molecule has 0 aromatic heterocycles. The van der Waals surface area contributed by atoms with E-state index in [1.54, 1.807) is 58.0 Å². The van der Waals surface area contributed by atoms with E-state index in [0.717, 1.165) is 18.2 Å². The van der Waals surface area contributed by atoms with Crippen LogP contribution in [0.25, 0.3) is 0 Å². The number of carboxylic acids is 2. The van der Waals surface area contributed by atoms with Crippen LogP contribution in [-0.2, 0) is 49.6 Å². The molecule has 12 N–H and O–H groups in total. The summed E-state index contributed by atoms with van der Waals surface area (Å²) in [6, 6.07) is 0.0472. The number of Topliss-reactive ketones (excluding diaryl/α,β-unsaturated/α-hetero) is 1. The summed E-state index contributed by atoms with van der Waals surface area (Å²) in [4.78, 5) is 122. The Labute approximate surface area is 365 Å². The smallest absolute Gasteiger partial charge is 0.326 e. The summed E-state index contributed by atoms with van der Waals surface area (Å²) in [5.74, 6) is -15.1. The van der Waals surface area contributed by atoms with Crippen LogP contribution in [0, 0.1) is 23.7 Å². The first-order valence-corrected chi connectivity index (χ1v) is 20.4. The molecule has 0 bridgehead atoms. The van der Waals surface area contributed by atoms with Crippen molar-refractivity contribution in [1.29, 1.82) is 0 Å². The number of aromatic hydroxyl groups is 2. The Morgan fingerprint density at radius 2 is 1.21 bits per heavy atom. The Bertz CT molecular complexity index is 1970. The number of rotatable bonds is 23. The maximum Gasteiger partial charge on any atom is 0.326 e. The molecule has 0 aliphatic carbocycles. The van der Waals surface area contributed by atoms with Gasteiger partial charge in [0, 0.05) is 6.07 Å². The number of nitrogens with zero attached hydrogens (tertiary/aromatic N) is 1. The number of imide groups is 1. The van der Waals surface area contributed by atoms with Gasteiger partial charge in [-0.2, -0.15) is 0 Å². The molecule has 2 aromatic rings. The molecule has 6 amide bonds. The first kappa shape index (κ1) is 52.7.